The molecule has 1 heterocycles. The van der Waals surface area contributed by atoms with Gasteiger partial charge in [0.05, 0.1) is 5.52 Å². The monoisotopic (exact) mass is 330 g/mol. The van der Waals surface area contributed by atoms with Crippen LogP contribution in [0.5, 0.6) is 0 Å². The summed E-state index contributed by atoms with van der Waals surface area (Å²) in [7, 11) is 5.57. The number of fused-ring (bicyclic) bond motifs is 1. The van der Waals surface area contributed by atoms with Crippen molar-refractivity contribution >= 4 is 22.8 Å². The van der Waals surface area contributed by atoms with E-state index in [0.29, 0.717) is 13.2 Å². The van der Waals surface area contributed by atoms with Gasteiger partial charge in [0.25, 0.3) is 0 Å². The minimum absolute atomic E-state index is 0.0662. The van der Waals surface area contributed by atoms with Crippen LogP contribution in [0.1, 0.15) is 18.9 Å². The van der Waals surface area contributed by atoms with Gasteiger partial charge < -0.3 is 20.3 Å². The topological polar surface area (TPSA) is 66.5 Å². The van der Waals surface area contributed by atoms with Gasteiger partial charge in [0.15, 0.2) is 0 Å². The molecule has 0 unspecified atom stereocenters. The quantitative estimate of drug-likeness (QED) is 0.819. The Hall–Kier alpha value is -2.34. The first-order valence-electron chi connectivity index (χ1n) is 8.10. The van der Waals surface area contributed by atoms with E-state index in [1.807, 2.05) is 56.3 Å². The zero-order valence-electron chi connectivity index (χ0n) is 14.8. The second-order valence-electron chi connectivity index (χ2n) is 6.06. The summed E-state index contributed by atoms with van der Waals surface area (Å²) in [6, 6.07) is 9.86. The molecular formula is C18H26N4O2. The predicted octanol–water partition coefficient (Wildman–Crippen LogP) is 2.53. The molecule has 0 bridgehead atoms. The number of hydrogen-bond donors (Lipinski definition) is 2. The van der Waals surface area contributed by atoms with Crippen LogP contribution in [0.3, 0.4) is 0 Å². The van der Waals surface area contributed by atoms with Crippen LogP contribution < -0.4 is 15.5 Å². The van der Waals surface area contributed by atoms with Gasteiger partial charge in [-0.2, -0.15) is 0 Å². The number of benzene rings is 1. The summed E-state index contributed by atoms with van der Waals surface area (Å²) < 4.78 is 5.02. The lowest BCUT2D eigenvalue weighted by atomic mass is 10.1. The van der Waals surface area contributed by atoms with Gasteiger partial charge >= 0.3 is 6.03 Å². The van der Waals surface area contributed by atoms with Crippen LogP contribution in [0, 0.1) is 0 Å². The maximum absolute atomic E-state index is 12.1. The number of nitrogens with zero attached hydrogens (tertiary/aromatic N) is 2. The van der Waals surface area contributed by atoms with Crippen LogP contribution >= 0.6 is 0 Å². The molecule has 1 aromatic carbocycles. The fourth-order valence-corrected chi connectivity index (χ4v) is 2.42. The third-order valence-electron chi connectivity index (χ3n) is 3.82. The van der Waals surface area contributed by atoms with Crippen molar-refractivity contribution in [3.05, 3.63) is 35.9 Å². The zero-order valence-corrected chi connectivity index (χ0v) is 14.8. The fraction of sp³-hybridized carbons (Fsp3) is 0.444. The summed E-state index contributed by atoms with van der Waals surface area (Å²) in [5.74, 6) is 0.874. The first kappa shape index (κ1) is 18.0. The number of anilines is 1. The third-order valence-corrected chi connectivity index (χ3v) is 3.82. The lowest BCUT2D eigenvalue weighted by molar-refractivity contribution is 0.184. The average molecular weight is 330 g/mol. The number of nitrogens with one attached hydrogen (secondary N) is 2. The Balaban J connectivity index is 2.07. The van der Waals surface area contributed by atoms with Crippen molar-refractivity contribution in [2.24, 2.45) is 0 Å². The van der Waals surface area contributed by atoms with Crippen LogP contribution in [0.25, 0.3) is 10.9 Å². The summed E-state index contributed by atoms with van der Waals surface area (Å²) in [5.41, 5.74) is 1.97. The molecule has 2 amide bonds. The first-order valence-corrected chi connectivity index (χ1v) is 8.10. The van der Waals surface area contributed by atoms with Crippen molar-refractivity contribution in [3.63, 3.8) is 0 Å². The second kappa shape index (κ2) is 8.49. The summed E-state index contributed by atoms with van der Waals surface area (Å²) >= 11 is 0. The number of pyridine rings is 1. The maximum atomic E-state index is 12.1. The Morgan fingerprint density at radius 2 is 2.08 bits per heavy atom. The molecule has 1 atom stereocenters. The zero-order chi connectivity index (χ0) is 17.5. The molecule has 2 rings (SSSR count). The van der Waals surface area contributed by atoms with Gasteiger partial charge in [0.1, 0.15) is 5.82 Å². The maximum Gasteiger partial charge on any atom is 0.315 e. The Morgan fingerprint density at radius 3 is 2.79 bits per heavy atom. The minimum Gasteiger partial charge on any atom is -0.385 e. The van der Waals surface area contributed by atoms with Crippen LogP contribution in [-0.2, 0) is 11.3 Å². The van der Waals surface area contributed by atoms with Crippen molar-refractivity contribution in [2.75, 3.05) is 32.7 Å². The van der Waals surface area contributed by atoms with Crippen LogP contribution in [0.4, 0.5) is 10.6 Å². The van der Waals surface area contributed by atoms with Gasteiger partial charge in [-0.05, 0) is 31.0 Å². The van der Waals surface area contributed by atoms with E-state index >= 15 is 0 Å². The molecular weight excluding hydrogens is 304 g/mol. The Morgan fingerprint density at radius 1 is 1.33 bits per heavy atom. The standard InChI is InChI=1S/C18H26N4O2/c1-13(9-10-24-4)20-18(23)19-12-14-11-17(22(2)3)21-16-8-6-5-7-15(14)16/h5-8,11,13H,9-10,12H2,1-4H3,(H2,19,20,23)/t13-/m1/s1. The van der Waals surface area contributed by atoms with Gasteiger partial charge in [0.2, 0.25) is 0 Å². The number of para-hydroxylation sites is 1. The van der Waals surface area contributed by atoms with E-state index in [1.54, 1.807) is 7.11 Å². The lowest BCUT2D eigenvalue weighted by Crippen LogP contribution is -2.40. The van der Waals surface area contributed by atoms with Crippen LogP contribution in [0.2, 0.25) is 0 Å². The lowest BCUT2D eigenvalue weighted by Gasteiger charge is -2.17. The number of aromatic nitrogens is 1. The smallest absolute Gasteiger partial charge is 0.315 e. The highest BCUT2D eigenvalue weighted by Crippen LogP contribution is 2.21. The molecule has 2 aromatic rings. The Bertz CT molecular complexity index is 688. The number of rotatable bonds is 7. The molecule has 6 heteroatoms. The largest absolute Gasteiger partial charge is 0.385 e. The fourth-order valence-electron chi connectivity index (χ4n) is 2.42. The molecule has 0 fully saturated rings. The molecule has 0 saturated heterocycles. The minimum atomic E-state index is -0.175. The molecule has 24 heavy (non-hydrogen) atoms. The van der Waals surface area contributed by atoms with Gasteiger partial charge in [-0.3, -0.25) is 0 Å². The number of amides is 2. The van der Waals surface area contributed by atoms with E-state index in [2.05, 4.69) is 15.6 Å². The number of urea groups is 1. The highest BCUT2D eigenvalue weighted by atomic mass is 16.5. The average Bonchev–Trinajstić information content (AvgIpc) is 2.57. The molecule has 0 aliphatic carbocycles. The van der Waals surface area contributed by atoms with E-state index < -0.39 is 0 Å². The normalized spacial score (nSPS) is 12.0. The Kier molecular flexibility index (Phi) is 6.37. The number of carbonyl (C=O) groups is 1. The van der Waals surface area contributed by atoms with Crippen molar-refractivity contribution in [3.8, 4) is 0 Å². The van der Waals surface area contributed by atoms with Crippen LogP contribution in [0.15, 0.2) is 30.3 Å². The van der Waals surface area contributed by atoms with E-state index in [-0.39, 0.29) is 12.1 Å². The highest BCUT2D eigenvalue weighted by molar-refractivity contribution is 5.84. The Labute approximate surface area is 143 Å². The molecule has 0 radical (unpaired) electrons. The third kappa shape index (κ3) is 4.83. The number of hydrogen-bond acceptors (Lipinski definition) is 4. The molecule has 0 aliphatic rings. The van der Waals surface area contributed by atoms with Crippen molar-refractivity contribution in [1.82, 2.24) is 15.6 Å². The molecule has 130 valence electrons. The summed E-state index contributed by atoms with van der Waals surface area (Å²) in [5, 5.41) is 6.89. The molecule has 2 N–H and O–H groups in total. The number of methoxy groups -OCH3 is 1. The number of ether oxygens (including phenoxy) is 1. The van der Waals surface area contributed by atoms with Crippen molar-refractivity contribution < 1.29 is 9.53 Å². The van der Waals surface area contributed by atoms with E-state index in [1.165, 1.54) is 0 Å². The summed E-state index contributed by atoms with van der Waals surface area (Å²) in [6.07, 6.45) is 0.785. The first-order chi connectivity index (χ1) is 11.5. The predicted molar refractivity (Wildman–Crippen MR) is 97.4 cm³/mol. The number of carbonyl (C=O) groups excluding carboxylic acids is 1. The molecule has 0 spiro atoms. The summed E-state index contributed by atoms with van der Waals surface area (Å²) in [4.78, 5) is 18.6. The van der Waals surface area contributed by atoms with Gasteiger partial charge in [-0.15, -0.1) is 0 Å². The van der Waals surface area contributed by atoms with E-state index in [9.17, 15) is 4.79 Å². The molecule has 0 aliphatic heterocycles. The summed E-state index contributed by atoms with van der Waals surface area (Å²) in [6.45, 7) is 3.04. The molecule has 0 saturated carbocycles. The van der Waals surface area contributed by atoms with E-state index in [4.69, 9.17) is 4.74 Å². The molecule has 1 aromatic heterocycles. The van der Waals surface area contributed by atoms with Crippen LogP contribution in [-0.4, -0.2) is 44.9 Å². The SMILES string of the molecule is COCC[C@@H](C)NC(=O)NCc1cc(N(C)C)nc2ccccc12. The van der Waals surface area contributed by atoms with Crippen molar-refractivity contribution in [1.29, 1.82) is 0 Å². The van der Waals surface area contributed by atoms with Gasteiger partial charge in [0, 0.05) is 45.8 Å². The van der Waals surface area contributed by atoms with Crippen molar-refractivity contribution in [2.45, 2.75) is 25.9 Å². The second-order valence-corrected chi connectivity index (χ2v) is 6.06. The molecule has 6 nitrogen and oxygen atoms in total. The highest BCUT2D eigenvalue weighted by Gasteiger charge is 2.10. The van der Waals surface area contributed by atoms with Gasteiger partial charge in [-0.25, -0.2) is 9.78 Å². The van der Waals surface area contributed by atoms with Gasteiger partial charge in [-0.1, -0.05) is 18.2 Å². The van der Waals surface area contributed by atoms with E-state index in [0.717, 1.165) is 28.7 Å².